The summed E-state index contributed by atoms with van der Waals surface area (Å²) >= 11 is 0. The number of hydrogen-bond donors (Lipinski definition) is 0. The van der Waals surface area contributed by atoms with Gasteiger partial charge in [0.2, 0.25) is 0 Å². The van der Waals surface area contributed by atoms with E-state index < -0.39 is 24.2 Å². The zero-order chi connectivity index (χ0) is 20.1. The Morgan fingerprint density at radius 2 is 1.79 bits per heavy atom. The van der Waals surface area contributed by atoms with Crippen LogP contribution in [0.4, 0.5) is 4.39 Å². The molecule has 5 nitrogen and oxygen atoms in total. The maximum Gasteiger partial charge on any atom is 0.309 e. The Bertz CT molecular complexity index is 888. The highest BCUT2D eigenvalue weighted by molar-refractivity contribution is 5.98. The van der Waals surface area contributed by atoms with Crippen LogP contribution in [0.5, 0.6) is 0 Å². The number of ether oxygens (including phenoxy) is 1. The number of esters is 1. The van der Waals surface area contributed by atoms with E-state index in [0.29, 0.717) is 31.5 Å². The molecule has 0 radical (unpaired) electrons. The molecule has 0 atom stereocenters. The molecule has 0 aliphatic carbocycles. The molecule has 1 fully saturated rings. The number of carbonyl (C=O) groups excluding carboxylic acids is 3. The largest absolute Gasteiger partial charge is 0.457 e. The van der Waals surface area contributed by atoms with Gasteiger partial charge in [0.05, 0.1) is 5.92 Å². The molecule has 1 heterocycles. The lowest BCUT2D eigenvalue weighted by atomic mass is 9.96. The van der Waals surface area contributed by atoms with Gasteiger partial charge >= 0.3 is 5.97 Å². The number of ketones is 1. The third-order valence-electron chi connectivity index (χ3n) is 4.98. The van der Waals surface area contributed by atoms with Crippen molar-refractivity contribution in [1.82, 2.24) is 4.90 Å². The lowest BCUT2D eigenvalue weighted by Crippen LogP contribution is -2.41. The number of halogens is 1. The van der Waals surface area contributed by atoms with Crippen molar-refractivity contribution in [1.29, 1.82) is 0 Å². The lowest BCUT2D eigenvalue weighted by Gasteiger charge is -2.31. The Kier molecular flexibility index (Phi) is 6.19. The topological polar surface area (TPSA) is 63.7 Å². The molecule has 0 N–H and O–H groups in total. The number of rotatable bonds is 5. The van der Waals surface area contributed by atoms with E-state index in [1.165, 1.54) is 18.2 Å². The number of hydrogen-bond acceptors (Lipinski definition) is 4. The highest BCUT2D eigenvalue weighted by Gasteiger charge is 2.29. The first-order valence-electron chi connectivity index (χ1n) is 9.26. The second-order valence-electron chi connectivity index (χ2n) is 6.92. The number of likely N-dealkylation sites (tertiary alicyclic amines) is 1. The Labute approximate surface area is 163 Å². The Morgan fingerprint density at radius 3 is 2.46 bits per heavy atom. The van der Waals surface area contributed by atoms with Gasteiger partial charge in [-0.25, -0.2) is 4.39 Å². The normalized spacial score (nSPS) is 14.6. The van der Waals surface area contributed by atoms with Crippen molar-refractivity contribution in [2.75, 3.05) is 19.7 Å². The van der Waals surface area contributed by atoms with Crippen LogP contribution in [0.3, 0.4) is 0 Å². The molecule has 0 spiro atoms. The summed E-state index contributed by atoms with van der Waals surface area (Å²) in [7, 11) is 0. The number of aryl methyl sites for hydroxylation is 1. The van der Waals surface area contributed by atoms with Gasteiger partial charge in [0, 0.05) is 24.2 Å². The zero-order valence-electron chi connectivity index (χ0n) is 15.7. The fourth-order valence-electron chi connectivity index (χ4n) is 3.30. The summed E-state index contributed by atoms with van der Waals surface area (Å²) in [5, 5.41) is 0. The van der Waals surface area contributed by atoms with Crippen molar-refractivity contribution in [3.63, 3.8) is 0 Å². The van der Waals surface area contributed by atoms with Crippen LogP contribution in [0.25, 0.3) is 0 Å². The fraction of sp³-hybridized carbons (Fsp3) is 0.318. The van der Waals surface area contributed by atoms with Gasteiger partial charge in [-0.15, -0.1) is 0 Å². The second-order valence-corrected chi connectivity index (χ2v) is 6.92. The van der Waals surface area contributed by atoms with Gasteiger partial charge in [-0.2, -0.15) is 0 Å². The van der Waals surface area contributed by atoms with E-state index in [4.69, 9.17) is 4.74 Å². The molecule has 6 heteroatoms. The zero-order valence-corrected chi connectivity index (χ0v) is 15.7. The third kappa shape index (κ3) is 4.63. The van der Waals surface area contributed by atoms with Crippen LogP contribution in [-0.4, -0.2) is 42.3 Å². The van der Waals surface area contributed by atoms with Crippen molar-refractivity contribution in [3.05, 3.63) is 71.0 Å². The quantitative estimate of drug-likeness (QED) is 0.586. The Morgan fingerprint density at radius 1 is 1.07 bits per heavy atom. The number of benzene rings is 2. The van der Waals surface area contributed by atoms with E-state index >= 15 is 0 Å². The summed E-state index contributed by atoms with van der Waals surface area (Å²) in [6.07, 6.45) is 0.981. The second kappa shape index (κ2) is 8.78. The highest BCUT2D eigenvalue weighted by atomic mass is 19.1. The minimum atomic E-state index is -0.511. The van der Waals surface area contributed by atoms with Crippen molar-refractivity contribution in [2.24, 2.45) is 5.92 Å². The van der Waals surface area contributed by atoms with Gasteiger partial charge in [0.15, 0.2) is 12.4 Å². The summed E-state index contributed by atoms with van der Waals surface area (Å²) < 4.78 is 18.3. The van der Waals surface area contributed by atoms with Gasteiger partial charge in [-0.1, -0.05) is 30.3 Å². The minimum absolute atomic E-state index is 0.0359. The van der Waals surface area contributed by atoms with Crippen LogP contribution in [0.2, 0.25) is 0 Å². The Balaban J connectivity index is 1.49. The smallest absolute Gasteiger partial charge is 0.309 e. The van der Waals surface area contributed by atoms with Crippen molar-refractivity contribution in [3.8, 4) is 0 Å². The van der Waals surface area contributed by atoms with Gasteiger partial charge in [0.25, 0.3) is 5.91 Å². The SMILES string of the molecule is Cc1ccccc1C(=O)N1CCC(C(=O)OCC(=O)c2cccc(F)c2)CC1. The first kappa shape index (κ1) is 19.7. The highest BCUT2D eigenvalue weighted by Crippen LogP contribution is 2.21. The van der Waals surface area contributed by atoms with Crippen LogP contribution >= 0.6 is 0 Å². The fourth-order valence-corrected chi connectivity index (χ4v) is 3.30. The molecule has 1 saturated heterocycles. The van der Waals surface area contributed by atoms with Crippen LogP contribution < -0.4 is 0 Å². The third-order valence-corrected chi connectivity index (χ3v) is 4.98. The van der Waals surface area contributed by atoms with E-state index in [1.54, 1.807) is 11.0 Å². The molecule has 2 aromatic carbocycles. The van der Waals surface area contributed by atoms with Gasteiger partial charge in [0.1, 0.15) is 5.82 Å². The van der Waals surface area contributed by atoms with E-state index in [2.05, 4.69) is 0 Å². The molecule has 0 unspecified atom stereocenters. The van der Waals surface area contributed by atoms with E-state index in [-0.39, 0.29) is 17.4 Å². The number of Topliss-reactive ketones (excluding diaryl/α,β-unsaturated/α-hetero) is 1. The van der Waals surface area contributed by atoms with Crippen LogP contribution in [0.1, 0.15) is 39.1 Å². The maximum atomic E-state index is 13.2. The van der Waals surface area contributed by atoms with Gasteiger partial charge in [-0.3, -0.25) is 14.4 Å². The molecule has 146 valence electrons. The molecule has 1 amide bonds. The number of amides is 1. The van der Waals surface area contributed by atoms with Crippen LogP contribution in [0.15, 0.2) is 48.5 Å². The van der Waals surface area contributed by atoms with Crippen LogP contribution in [-0.2, 0) is 9.53 Å². The Hall–Kier alpha value is -3.02. The van der Waals surface area contributed by atoms with Crippen molar-refractivity contribution >= 4 is 17.7 Å². The van der Waals surface area contributed by atoms with E-state index in [1.807, 2.05) is 25.1 Å². The maximum absolute atomic E-state index is 13.2. The molecule has 2 aromatic rings. The summed E-state index contributed by atoms with van der Waals surface area (Å²) in [5.41, 5.74) is 1.76. The monoisotopic (exact) mass is 383 g/mol. The first-order chi connectivity index (χ1) is 13.5. The standard InChI is InChI=1S/C22H22FNO4/c1-15-5-2-3-8-19(15)21(26)24-11-9-16(10-12-24)22(27)28-14-20(25)17-6-4-7-18(23)13-17/h2-8,13,16H,9-12,14H2,1H3. The number of nitrogens with zero attached hydrogens (tertiary/aromatic N) is 1. The first-order valence-corrected chi connectivity index (χ1v) is 9.26. The molecule has 1 aliphatic heterocycles. The molecule has 3 rings (SSSR count). The summed E-state index contributed by atoms with van der Waals surface area (Å²) in [4.78, 5) is 38.6. The summed E-state index contributed by atoms with van der Waals surface area (Å²) in [6, 6.07) is 12.7. The molecule has 0 saturated carbocycles. The molecular formula is C22H22FNO4. The van der Waals surface area contributed by atoms with Crippen LogP contribution in [0, 0.1) is 18.7 Å². The molecule has 1 aliphatic rings. The molecule has 0 aromatic heterocycles. The summed E-state index contributed by atoms with van der Waals surface area (Å²) in [5.74, 6) is -1.79. The molecule has 28 heavy (non-hydrogen) atoms. The molecule has 0 bridgehead atoms. The minimum Gasteiger partial charge on any atom is -0.457 e. The van der Waals surface area contributed by atoms with E-state index in [9.17, 15) is 18.8 Å². The number of piperidine rings is 1. The predicted molar refractivity (Wildman–Crippen MR) is 101 cm³/mol. The number of carbonyl (C=O) groups is 3. The van der Waals surface area contributed by atoms with E-state index in [0.717, 1.165) is 11.6 Å². The average molecular weight is 383 g/mol. The van der Waals surface area contributed by atoms with Crippen molar-refractivity contribution < 1.29 is 23.5 Å². The molecular weight excluding hydrogens is 361 g/mol. The van der Waals surface area contributed by atoms with Gasteiger partial charge in [-0.05, 0) is 43.5 Å². The van der Waals surface area contributed by atoms with Crippen molar-refractivity contribution in [2.45, 2.75) is 19.8 Å². The summed E-state index contributed by atoms with van der Waals surface area (Å²) in [6.45, 7) is 2.41. The predicted octanol–water partition coefficient (Wildman–Crippen LogP) is 3.41. The average Bonchev–Trinajstić information content (AvgIpc) is 2.71. The lowest BCUT2D eigenvalue weighted by molar-refractivity contribution is -0.148. The van der Waals surface area contributed by atoms with Gasteiger partial charge < -0.3 is 9.64 Å².